The van der Waals surface area contributed by atoms with Crippen LogP contribution in [0.15, 0.2) is 24.3 Å². The van der Waals surface area contributed by atoms with Gasteiger partial charge in [-0.05, 0) is 29.5 Å². The average molecular weight is 270 g/mol. The Morgan fingerprint density at radius 2 is 2.00 bits per heavy atom. The molecule has 0 unspecified atom stereocenters. The van der Waals surface area contributed by atoms with E-state index in [1.807, 2.05) is 6.07 Å². The molecule has 0 saturated heterocycles. The summed E-state index contributed by atoms with van der Waals surface area (Å²) in [4.78, 5) is 1.82. The van der Waals surface area contributed by atoms with Crippen LogP contribution in [-0.2, 0) is 12.8 Å². The molecule has 2 N–H and O–H groups in total. The SMILES string of the molecule is CCCc1c(-c2ccccc2CC)sc(C#N)c1N. The van der Waals surface area contributed by atoms with Gasteiger partial charge in [-0.2, -0.15) is 5.26 Å². The van der Waals surface area contributed by atoms with Crippen molar-refractivity contribution >= 4 is 17.0 Å². The van der Waals surface area contributed by atoms with Gasteiger partial charge in [-0.25, -0.2) is 0 Å². The third-order valence-electron chi connectivity index (χ3n) is 3.29. The zero-order valence-electron chi connectivity index (χ0n) is 11.4. The predicted octanol–water partition coefficient (Wildman–Crippen LogP) is 4.38. The fraction of sp³-hybridized carbons (Fsp3) is 0.312. The smallest absolute Gasteiger partial charge is 0.128 e. The first-order valence-corrected chi connectivity index (χ1v) is 7.44. The van der Waals surface area contributed by atoms with Gasteiger partial charge in [0.25, 0.3) is 0 Å². The molecule has 0 aliphatic carbocycles. The van der Waals surface area contributed by atoms with Crippen molar-refractivity contribution in [2.75, 3.05) is 5.73 Å². The van der Waals surface area contributed by atoms with Crippen LogP contribution < -0.4 is 5.73 Å². The molecule has 0 bridgehead atoms. The first-order valence-electron chi connectivity index (χ1n) is 6.62. The molecule has 1 aromatic carbocycles. The number of aryl methyl sites for hydroxylation is 1. The molecule has 2 nitrogen and oxygen atoms in total. The number of anilines is 1. The first kappa shape index (κ1) is 13.6. The molecule has 0 saturated carbocycles. The van der Waals surface area contributed by atoms with Crippen molar-refractivity contribution in [1.82, 2.24) is 0 Å². The molecule has 0 spiro atoms. The van der Waals surface area contributed by atoms with Crippen molar-refractivity contribution in [3.63, 3.8) is 0 Å². The highest BCUT2D eigenvalue weighted by Gasteiger charge is 2.17. The normalized spacial score (nSPS) is 10.4. The van der Waals surface area contributed by atoms with Gasteiger partial charge in [0.15, 0.2) is 0 Å². The highest BCUT2D eigenvalue weighted by molar-refractivity contribution is 7.16. The molecule has 0 fully saturated rings. The Balaban J connectivity index is 2.64. The largest absolute Gasteiger partial charge is 0.397 e. The van der Waals surface area contributed by atoms with Crippen molar-refractivity contribution < 1.29 is 0 Å². The molecule has 1 aromatic heterocycles. The van der Waals surface area contributed by atoms with Crippen molar-refractivity contribution in [2.45, 2.75) is 33.1 Å². The molecule has 0 aliphatic heterocycles. The molecular formula is C16H18N2S. The van der Waals surface area contributed by atoms with Crippen LogP contribution >= 0.6 is 11.3 Å². The van der Waals surface area contributed by atoms with Crippen LogP contribution in [0.3, 0.4) is 0 Å². The first-order chi connectivity index (χ1) is 9.22. The summed E-state index contributed by atoms with van der Waals surface area (Å²) in [7, 11) is 0. The van der Waals surface area contributed by atoms with E-state index in [2.05, 4.69) is 38.1 Å². The summed E-state index contributed by atoms with van der Waals surface area (Å²) in [6.45, 7) is 4.29. The number of nitriles is 1. The van der Waals surface area contributed by atoms with E-state index in [1.165, 1.54) is 27.3 Å². The second-order valence-corrected chi connectivity index (χ2v) is 5.55. The zero-order chi connectivity index (χ0) is 13.8. The number of hydrogen-bond acceptors (Lipinski definition) is 3. The van der Waals surface area contributed by atoms with E-state index >= 15 is 0 Å². The highest BCUT2D eigenvalue weighted by atomic mass is 32.1. The van der Waals surface area contributed by atoms with Gasteiger partial charge in [-0.15, -0.1) is 11.3 Å². The molecule has 0 aliphatic rings. The number of hydrogen-bond donors (Lipinski definition) is 1. The summed E-state index contributed by atoms with van der Waals surface area (Å²) < 4.78 is 0. The lowest BCUT2D eigenvalue weighted by atomic mass is 9.99. The van der Waals surface area contributed by atoms with Gasteiger partial charge < -0.3 is 5.73 Å². The Morgan fingerprint density at radius 3 is 2.63 bits per heavy atom. The predicted molar refractivity (Wildman–Crippen MR) is 82.3 cm³/mol. The molecule has 2 aromatic rings. The van der Waals surface area contributed by atoms with Gasteiger partial charge in [-0.3, -0.25) is 0 Å². The maximum Gasteiger partial charge on any atom is 0.128 e. The van der Waals surface area contributed by atoms with Crippen LogP contribution in [0.25, 0.3) is 10.4 Å². The lowest BCUT2D eigenvalue weighted by Gasteiger charge is -2.08. The fourth-order valence-electron chi connectivity index (χ4n) is 2.33. The Kier molecular flexibility index (Phi) is 4.24. The zero-order valence-corrected chi connectivity index (χ0v) is 12.2. The van der Waals surface area contributed by atoms with Crippen molar-refractivity contribution in [3.8, 4) is 16.5 Å². The Labute approximate surface area is 118 Å². The second kappa shape index (κ2) is 5.90. The van der Waals surface area contributed by atoms with Gasteiger partial charge in [0.1, 0.15) is 10.9 Å². The molecule has 0 radical (unpaired) electrons. The minimum absolute atomic E-state index is 0.643. The van der Waals surface area contributed by atoms with Gasteiger partial charge >= 0.3 is 0 Å². The highest BCUT2D eigenvalue weighted by Crippen LogP contribution is 2.40. The summed E-state index contributed by atoms with van der Waals surface area (Å²) >= 11 is 1.52. The van der Waals surface area contributed by atoms with E-state index in [-0.39, 0.29) is 0 Å². The lowest BCUT2D eigenvalue weighted by molar-refractivity contribution is 0.929. The second-order valence-electron chi connectivity index (χ2n) is 4.53. The summed E-state index contributed by atoms with van der Waals surface area (Å²) in [5.74, 6) is 0. The number of nitrogen functional groups attached to an aromatic ring is 1. The summed E-state index contributed by atoms with van der Waals surface area (Å²) in [5, 5.41) is 9.18. The molecule has 1 heterocycles. The van der Waals surface area contributed by atoms with Crippen LogP contribution in [-0.4, -0.2) is 0 Å². The topological polar surface area (TPSA) is 49.8 Å². The monoisotopic (exact) mass is 270 g/mol. The van der Waals surface area contributed by atoms with E-state index < -0.39 is 0 Å². The third-order valence-corrected chi connectivity index (χ3v) is 4.48. The Bertz CT molecular complexity index is 620. The van der Waals surface area contributed by atoms with Crippen molar-refractivity contribution in [3.05, 3.63) is 40.3 Å². The Morgan fingerprint density at radius 1 is 1.26 bits per heavy atom. The molecule has 0 amide bonds. The fourth-order valence-corrected chi connectivity index (χ4v) is 3.45. The number of nitrogens with two attached hydrogens (primary N) is 1. The number of thiophene rings is 1. The molecule has 98 valence electrons. The Hall–Kier alpha value is -1.79. The average Bonchev–Trinajstić information content (AvgIpc) is 2.76. The molecule has 0 atom stereocenters. The van der Waals surface area contributed by atoms with Crippen LogP contribution in [0.4, 0.5) is 5.69 Å². The number of benzene rings is 1. The minimum atomic E-state index is 0.643. The van der Waals surface area contributed by atoms with Gasteiger partial charge in [0.05, 0.1) is 5.69 Å². The number of nitrogens with zero attached hydrogens (tertiary/aromatic N) is 1. The molecule has 3 heteroatoms. The van der Waals surface area contributed by atoms with E-state index in [4.69, 9.17) is 5.73 Å². The minimum Gasteiger partial charge on any atom is -0.397 e. The number of rotatable bonds is 4. The summed E-state index contributed by atoms with van der Waals surface area (Å²) in [5.41, 5.74) is 10.5. The lowest BCUT2D eigenvalue weighted by Crippen LogP contribution is -1.94. The van der Waals surface area contributed by atoms with Gasteiger partial charge in [0, 0.05) is 4.88 Å². The van der Waals surface area contributed by atoms with E-state index in [1.54, 1.807) is 0 Å². The summed E-state index contributed by atoms with van der Waals surface area (Å²) in [6.07, 6.45) is 2.95. The van der Waals surface area contributed by atoms with E-state index in [0.29, 0.717) is 10.6 Å². The third kappa shape index (κ3) is 2.50. The van der Waals surface area contributed by atoms with Gasteiger partial charge in [-0.1, -0.05) is 44.5 Å². The van der Waals surface area contributed by atoms with Crippen LogP contribution in [0.5, 0.6) is 0 Å². The van der Waals surface area contributed by atoms with Crippen LogP contribution in [0, 0.1) is 11.3 Å². The molecule has 2 rings (SSSR count). The van der Waals surface area contributed by atoms with E-state index in [9.17, 15) is 5.26 Å². The quantitative estimate of drug-likeness (QED) is 0.896. The summed E-state index contributed by atoms with van der Waals surface area (Å²) in [6, 6.07) is 10.6. The van der Waals surface area contributed by atoms with Crippen LogP contribution in [0.1, 0.15) is 36.3 Å². The van der Waals surface area contributed by atoms with Crippen molar-refractivity contribution in [1.29, 1.82) is 5.26 Å². The van der Waals surface area contributed by atoms with Crippen LogP contribution in [0.2, 0.25) is 0 Å². The van der Waals surface area contributed by atoms with E-state index in [0.717, 1.165) is 24.8 Å². The molecular weight excluding hydrogens is 252 g/mol. The maximum atomic E-state index is 9.18. The van der Waals surface area contributed by atoms with Gasteiger partial charge in [0.2, 0.25) is 0 Å². The maximum absolute atomic E-state index is 9.18. The van der Waals surface area contributed by atoms with Crippen molar-refractivity contribution in [2.24, 2.45) is 0 Å². The molecule has 19 heavy (non-hydrogen) atoms. The standard InChI is InChI=1S/C16H18N2S/c1-3-7-13-15(18)14(10-17)19-16(13)12-9-6-5-8-11(12)4-2/h5-6,8-9H,3-4,7,18H2,1-2H3.